The van der Waals surface area contributed by atoms with Crippen molar-refractivity contribution in [2.45, 2.75) is 24.0 Å². The number of nitrogens with zero attached hydrogens (tertiary/aromatic N) is 4. The van der Waals surface area contributed by atoms with Gasteiger partial charge in [0.1, 0.15) is 12.0 Å². The monoisotopic (exact) mass is 346 g/mol. The molecule has 4 nitrogen and oxygen atoms in total. The van der Waals surface area contributed by atoms with Gasteiger partial charge in [0.25, 0.3) is 0 Å². The van der Waals surface area contributed by atoms with E-state index in [4.69, 9.17) is 0 Å². The zero-order valence-electron chi connectivity index (χ0n) is 14.1. The third-order valence-corrected chi connectivity index (χ3v) is 4.94. The van der Waals surface area contributed by atoms with E-state index in [9.17, 15) is 0 Å². The number of pyridine rings is 1. The fourth-order valence-electron chi connectivity index (χ4n) is 2.79. The summed E-state index contributed by atoms with van der Waals surface area (Å²) < 4.78 is 2.12. The highest BCUT2D eigenvalue weighted by atomic mass is 32.2. The van der Waals surface area contributed by atoms with Gasteiger partial charge >= 0.3 is 0 Å². The van der Waals surface area contributed by atoms with Gasteiger partial charge in [0.2, 0.25) is 0 Å². The Morgan fingerprint density at radius 3 is 2.28 bits per heavy atom. The van der Waals surface area contributed by atoms with Gasteiger partial charge in [0.05, 0.1) is 11.9 Å². The normalized spacial score (nSPS) is 11.3. The van der Waals surface area contributed by atoms with E-state index < -0.39 is 0 Å². The number of hydrogen-bond acceptors (Lipinski definition) is 4. The molecule has 0 saturated heterocycles. The van der Waals surface area contributed by atoms with Crippen LogP contribution in [0.3, 0.4) is 0 Å². The van der Waals surface area contributed by atoms with E-state index in [-0.39, 0.29) is 0 Å². The molecule has 0 unspecified atom stereocenters. The second-order valence-electron chi connectivity index (χ2n) is 6.11. The second-order valence-corrected chi connectivity index (χ2v) is 7.76. The van der Waals surface area contributed by atoms with Crippen molar-refractivity contribution in [1.82, 2.24) is 19.4 Å². The average Bonchev–Trinajstić information content (AvgIpc) is 3.06. The molecule has 0 aliphatic heterocycles. The van der Waals surface area contributed by atoms with Crippen LogP contribution in [0.2, 0.25) is 0 Å². The summed E-state index contributed by atoms with van der Waals surface area (Å²) in [5.41, 5.74) is 5.22. The number of thioether (sulfide) groups is 1. The van der Waals surface area contributed by atoms with Crippen molar-refractivity contribution in [1.29, 1.82) is 0 Å². The topological polar surface area (TPSA) is 43.1 Å². The van der Waals surface area contributed by atoms with Crippen molar-refractivity contribution < 1.29 is 0 Å². The zero-order chi connectivity index (χ0) is 17.2. The molecule has 0 atom stereocenters. The molecule has 0 spiro atoms. The first-order chi connectivity index (χ1) is 12.2. The number of aromatic nitrogens is 4. The predicted molar refractivity (Wildman–Crippen MR) is 103 cm³/mol. The summed E-state index contributed by atoms with van der Waals surface area (Å²) in [4.78, 5) is 14.0. The summed E-state index contributed by atoms with van der Waals surface area (Å²) in [6.07, 6.45) is 9.20. The molecule has 5 heteroatoms. The standard InChI is InChI=1S/C20H18N4S/c1-14(2)25-18-6-3-15(4-7-18)19-11-23-20-8-5-16(12-24(19)20)17-9-21-13-22-10-17/h3-14H,1-2H3. The van der Waals surface area contributed by atoms with E-state index in [2.05, 4.69) is 63.7 Å². The second kappa shape index (κ2) is 6.69. The van der Waals surface area contributed by atoms with Crippen LogP contribution < -0.4 is 0 Å². The first kappa shape index (κ1) is 15.8. The highest BCUT2D eigenvalue weighted by Crippen LogP contribution is 2.28. The van der Waals surface area contributed by atoms with Crippen LogP contribution >= 0.6 is 11.8 Å². The Bertz CT molecular complexity index is 991. The lowest BCUT2D eigenvalue weighted by molar-refractivity contribution is 1.11. The molecule has 0 fully saturated rings. The molecular formula is C20H18N4S. The van der Waals surface area contributed by atoms with Crippen LogP contribution in [0.1, 0.15) is 13.8 Å². The maximum atomic E-state index is 4.53. The molecule has 0 aliphatic carbocycles. The molecule has 0 saturated carbocycles. The highest BCUT2D eigenvalue weighted by Gasteiger charge is 2.08. The lowest BCUT2D eigenvalue weighted by Crippen LogP contribution is -1.91. The number of hydrogen-bond donors (Lipinski definition) is 0. The summed E-state index contributed by atoms with van der Waals surface area (Å²) in [7, 11) is 0. The van der Waals surface area contributed by atoms with Crippen LogP contribution in [-0.4, -0.2) is 24.6 Å². The maximum Gasteiger partial charge on any atom is 0.137 e. The van der Waals surface area contributed by atoms with Gasteiger partial charge in [0, 0.05) is 45.4 Å². The lowest BCUT2D eigenvalue weighted by Gasteiger charge is -2.07. The van der Waals surface area contributed by atoms with Crippen LogP contribution in [-0.2, 0) is 0 Å². The number of fused-ring (bicyclic) bond motifs is 1. The van der Waals surface area contributed by atoms with Gasteiger partial charge in [0.15, 0.2) is 0 Å². The van der Waals surface area contributed by atoms with Crippen LogP contribution in [0.5, 0.6) is 0 Å². The van der Waals surface area contributed by atoms with Gasteiger partial charge in [-0.3, -0.25) is 4.40 Å². The molecule has 25 heavy (non-hydrogen) atoms. The summed E-state index contributed by atoms with van der Waals surface area (Å²) in [5, 5.41) is 0.581. The van der Waals surface area contributed by atoms with E-state index in [0.717, 1.165) is 28.0 Å². The van der Waals surface area contributed by atoms with E-state index >= 15 is 0 Å². The van der Waals surface area contributed by atoms with E-state index in [1.165, 1.54) is 4.90 Å². The first-order valence-corrected chi connectivity index (χ1v) is 9.08. The van der Waals surface area contributed by atoms with Crippen LogP contribution in [0.4, 0.5) is 0 Å². The van der Waals surface area contributed by atoms with E-state index in [1.54, 1.807) is 6.33 Å². The number of benzene rings is 1. The number of imidazole rings is 1. The fourth-order valence-corrected chi connectivity index (χ4v) is 3.63. The Labute approximate surface area is 151 Å². The molecule has 0 amide bonds. The molecule has 0 aliphatic rings. The minimum Gasteiger partial charge on any atom is -0.299 e. The van der Waals surface area contributed by atoms with Gasteiger partial charge in [-0.15, -0.1) is 11.8 Å². The Morgan fingerprint density at radius 2 is 1.56 bits per heavy atom. The van der Waals surface area contributed by atoms with Crippen molar-refractivity contribution in [2.24, 2.45) is 0 Å². The third kappa shape index (κ3) is 3.28. The third-order valence-electron chi connectivity index (χ3n) is 3.92. The van der Waals surface area contributed by atoms with E-state index in [1.807, 2.05) is 42.5 Å². The quantitative estimate of drug-likeness (QED) is 0.490. The van der Waals surface area contributed by atoms with Crippen LogP contribution in [0, 0.1) is 0 Å². The van der Waals surface area contributed by atoms with Crippen LogP contribution in [0.15, 0.2) is 72.4 Å². The van der Waals surface area contributed by atoms with Crippen molar-refractivity contribution in [3.63, 3.8) is 0 Å². The fraction of sp³-hybridized carbons (Fsp3) is 0.150. The molecule has 3 heterocycles. The molecule has 4 rings (SSSR count). The summed E-state index contributed by atoms with van der Waals surface area (Å²) in [6, 6.07) is 12.7. The molecule has 0 N–H and O–H groups in total. The van der Waals surface area contributed by atoms with Crippen molar-refractivity contribution in [2.75, 3.05) is 0 Å². The Morgan fingerprint density at radius 1 is 0.840 bits per heavy atom. The van der Waals surface area contributed by atoms with Crippen molar-refractivity contribution in [3.8, 4) is 22.4 Å². The summed E-state index contributed by atoms with van der Waals surface area (Å²) >= 11 is 1.87. The number of rotatable bonds is 4. The Kier molecular flexibility index (Phi) is 4.24. The summed E-state index contributed by atoms with van der Waals surface area (Å²) in [6.45, 7) is 4.41. The molecule has 1 aromatic carbocycles. The first-order valence-electron chi connectivity index (χ1n) is 8.20. The average molecular weight is 346 g/mol. The predicted octanol–water partition coefficient (Wildman–Crippen LogP) is 4.96. The Hall–Kier alpha value is -2.66. The van der Waals surface area contributed by atoms with Gasteiger partial charge in [-0.2, -0.15) is 0 Å². The molecule has 124 valence electrons. The largest absolute Gasteiger partial charge is 0.299 e. The minimum absolute atomic E-state index is 0.581. The molecule has 3 aromatic heterocycles. The molecular weight excluding hydrogens is 328 g/mol. The minimum atomic E-state index is 0.581. The SMILES string of the molecule is CC(C)Sc1ccc(-c2cnc3ccc(-c4cncnc4)cn23)cc1. The summed E-state index contributed by atoms with van der Waals surface area (Å²) in [5.74, 6) is 0. The maximum absolute atomic E-state index is 4.53. The van der Waals surface area contributed by atoms with Gasteiger partial charge in [-0.25, -0.2) is 15.0 Å². The Balaban J connectivity index is 1.75. The van der Waals surface area contributed by atoms with Crippen LogP contribution in [0.25, 0.3) is 28.0 Å². The molecule has 0 radical (unpaired) electrons. The highest BCUT2D eigenvalue weighted by molar-refractivity contribution is 7.99. The van der Waals surface area contributed by atoms with Gasteiger partial charge < -0.3 is 0 Å². The van der Waals surface area contributed by atoms with Crippen molar-refractivity contribution in [3.05, 3.63) is 67.5 Å². The zero-order valence-corrected chi connectivity index (χ0v) is 14.9. The molecule has 4 aromatic rings. The molecule has 0 bridgehead atoms. The van der Waals surface area contributed by atoms with Gasteiger partial charge in [-0.05, 0) is 24.3 Å². The lowest BCUT2D eigenvalue weighted by atomic mass is 10.1. The smallest absolute Gasteiger partial charge is 0.137 e. The van der Waals surface area contributed by atoms with Gasteiger partial charge in [-0.1, -0.05) is 26.0 Å². The van der Waals surface area contributed by atoms with Crippen molar-refractivity contribution >= 4 is 17.4 Å². The van der Waals surface area contributed by atoms with E-state index in [0.29, 0.717) is 5.25 Å².